The van der Waals surface area contributed by atoms with E-state index in [1.165, 1.54) is 32.1 Å². The number of hydrogen-bond acceptors (Lipinski definition) is 3. The first-order chi connectivity index (χ1) is 8.77. The third-order valence-corrected chi connectivity index (χ3v) is 4.39. The van der Waals surface area contributed by atoms with E-state index < -0.39 is 0 Å². The van der Waals surface area contributed by atoms with Crippen LogP contribution in [0.5, 0.6) is 0 Å². The molecule has 2 fully saturated rings. The number of likely N-dealkylation sites (N-methyl/N-ethyl adjacent to an activating group) is 1. The van der Waals surface area contributed by atoms with E-state index in [4.69, 9.17) is 0 Å². The second kappa shape index (κ2) is 7.10. The molecule has 0 bridgehead atoms. The Bertz CT molecular complexity index is 264. The molecule has 4 heteroatoms. The monoisotopic (exact) mass is 253 g/mol. The Morgan fingerprint density at radius 2 is 2.11 bits per heavy atom. The lowest BCUT2D eigenvalue weighted by Crippen LogP contribution is -2.56. The number of rotatable bonds is 4. The third kappa shape index (κ3) is 3.95. The third-order valence-electron chi connectivity index (χ3n) is 4.39. The minimum absolute atomic E-state index is 0.0186. The van der Waals surface area contributed by atoms with E-state index in [0.717, 1.165) is 38.5 Å². The van der Waals surface area contributed by atoms with Crippen LogP contribution in [0.2, 0.25) is 0 Å². The summed E-state index contributed by atoms with van der Waals surface area (Å²) in [4.78, 5) is 14.2. The fourth-order valence-electron chi connectivity index (χ4n) is 3.09. The van der Waals surface area contributed by atoms with Crippen molar-refractivity contribution in [3.63, 3.8) is 0 Å². The van der Waals surface area contributed by atoms with Gasteiger partial charge in [-0.3, -0.25) is 9.69 Å². The average Bonchev–Trinajstić information content (AvgIpc) is 2.40. The van der Waals surface area contributed by atoms with Crippen LogP contribution >= 0.6 is 0 Å². The second-order valence-corrected chi connectivity index (χ2v) is 5.78. The van der Waals surface area contributed by atoms with Gasteiger partial charge in [0.05, 0.1) is 0 Å². The van der Waals surface area contributed by atoms with E-state index >= 15 is 0 Å². The Kier molecular flexibility index (Phi) is 5.45. The van der Waals surface area contributed by atoms with Crippen molar-refractivity contribution < 1.29 is 4.79 Å². The zero-order chi connectivity index (χ0) is 12.8. The molecular weight excluding hydrogens is 226 g/mol. The van der Waals surface area contributed by atoms with Gasteiger partial charge in [0.1, 0.15) is 6.04 Å². The number of piperazine rings is 1. The van der Waals surface area contributed by atoms with E-state index in [1.54, 1.807) is 0 Å². The molecule has 0 radical (unpaired) electrons. The van der Waals surface area contributed by atoms with E-state index in [-0.39, 0.29) is 11.9 Å². The SMILES string of the molecule is CN1CCNCC1C(=O)NCCC1CCCCC1. The first kappa shape index (κ1) is 13.8. The quantitative estimate of drug-likeness (QED) is 0.785. The van der Waals surface area contributed by atoms with E-state index in [2.05, 4.69) is 15.5 Å². The molecule has 0 aromatic carbocycles. The molecule has 2 rings (SSSR count). The first-order valence-electron chi connectivity index (χ1n) is 7.46. The minimum atomic E-state index is 0.0186. The molecule has 1 atom stereocenters. The Morgan fingerprint density at radius 1 is 1.33 bits per heavy atom. The van der Waals surface area contributed by atoms with Gasteiger partial charge in [0.25, 0.3) is 0 Å². The second-order valence-electron chi connectivity index (χ2n) is 5.78. The van der Waals surface area contributed by atoms with Crippen molar-refractivity contribution in [1.29, 1.82) is 0 Å². The molecule has 104 valence electrons. The van der Waals surface area contributed by atoms with Gasteiger partial charge in [-0.15, -0.1) is 0 Å². The number of nitrogens with zero attached hydrogens (tertiary/aromatic N) is 1. The highest BCUT2D eigenvalue weighted by molar-refractivity contribution is 5.82. The van der Waals surface area contributed by atoms with Gasteiger partial charge in [-0.05, 0) is 19.4 Å². The zero-order valence-electron chi connectivity index (χ0n) is 11.6. The summed E-state index contributed by atoms with van der Waals surface area (Å²) >= 11 is 0. The van der Waals surface area contributed by atoms with Crippen LogP contribution in [0.4, 0.5) is 0 Å². The predicted octanol–water partition coefficient (Wildman–Crippen LogP) is 0.977. The van der Waals surface area contributed by atoms with Crippen LogP contribution in [0.25, 0.3) is 0 Å². The van der Waals surface area contributed by atoms with E-state index in [1.807, 2.05) is 7.05 Å². The van der Waals surface area contributed by atoms with Crippen LogP contribution < -0.4 is 10.6 Å². The van der Waals surface area contributed by atoms with Crippen molar-refractivity contribution in [2.75, 3.05) is 33.2 Å². The molecule has 4 nitrogen and oxygen atoms in total. The molecule has 1 aliphatic heterocycles. The molecule has 0 spiro atoms. The van der Waals surface area contributed by atoms with E-state index in [0.29, 0.717) is 0 Å². The van der Waals surface area contributed by atoms with Crippen molar-refractivity contribution in [3.05, 3.63) is 0 Å². The largest absolute Gasteiger partial charge is 0.355 e. The molecule has 1 saturated carbocycles. The summed E-state index contributed by atoms with van der Waals surface area (Å²) in [6.45, 7) is 3.59. The standard InChI is InChI=1S/C14H27N3O/c1-17-10-9-15-11-13(17)14(18)16-8-7-12-5-3-2-4-6-12/h12-13,15H,2-11H2,1H3,(H,16,18). The summed E-state index contributed by atoms with van der Waals surface area (Å²) in [5.74, 6) is 1.04. The number of carbonyl (C=O) groups excluding carboxylic acids is 1. The predicted molar refractivity (Wildman–Crippen MR) is 73.5 cm³/mol. The molecule has 0 aromatic rings. The van der Waals surface area contributed by atoms with Crippen molar-refractivity contribution >= 4 is 5.91 Å². The normalized spacial score (nSPS) is 27.1. The summed E-state index contributed by atoms with van der Waals surface area (Å²) in [7, 11) is 2.03. The van der Waals surface area contributed by atoms with Gasteiger partial charge in [-0.1, -0.05) is 32.1 Å². The maximum absolute atomic E-state index is 12.1. The molecule has 0 aromatic heterocycles. The molecule has 2 aliphatic rings. The highest BCUT2D eigenvalue weighted by atomic mass is 16.2. The Morgan fingerprint density at radius 3 is 2.83 bits per heavy atom. The fourth-order valence-corrected chi connectivity index (χ4v) is 3.09. The van der Waals surface area contributed by atoms with Gasteiger partial charge >= 0.3 is 0 Å². The topological polar surface area (TPSA) is 44.4 Å². The summed E-state index contributed by atoms with van der Waals surface area (Å²) in [6.07, 6.45) is 8.06. The Balaban J connectivity index is 1.64. The number of carbonyl (C=O) groups is 1. The lowest BCUT2D eigenvalue weighted by molar-refractivity contribution is -0.126. The first-order valence-corrected chi connectivity index (χ1v) is 7.46. The molecule has 1 heterocycles. The fraction of sp³-hybridized carbons (Fsp3) is 0.929. The zero-order valence-corrected chi connectivity index (χ0v) is 11.6. The molecule has 1 unspecified atom stereocenters. The van der Waals surface area contributed by atoms with Crippen molar-refractivity contribution in [1.82, 2.24) is 15.5 Å². The van der Waals surface area contributed by atoms with Crippen LogP contribution in [0.1, 0.15) is 38.5 Å². The number of amides is 1. The minimum Gasteiger partial charge on any atom is -0.355 e. The van der Waals surface area contributed by atoms with Gasteiger partial charge in [0.15, 0.2) is 0 Å². The van der Waals surface area contributed by atoms with Gasteiger partial charge in [-0.2, -0.15) is 0 Å². The lowest BCUT2D eigenvalue weighted by Gasteiger charge is -2.32. The van der Waals surface area contributed by atoms with Gasteiger partial charge in [0, 0.05) is 26.2 Å². The van der Waals surface area contributed by atoms with Crippen LogP contribution in [-0.2, 0) is 4.79 Å². The summed E-state index contributed by atoms with van der Waals surface area (Å²) in [6, 6.07) is 0.0186. The molecule has 2 N–H and O–H groups in total. The highest BCUT2D eigenvalue weighted by Gasteiger charge is 2.25. The average molecular weight is 253 g/mol. The summed E-state index contributed by atoms with van der Waals surface area (Å²) < 4.78 is 0. The number of nitrogens with one attached hydrogen (secondary N) is 2. The van der Waals surface area contributed by atoms with Crippen molar-refractivity contribution in [3.8, 4) is 0 Å². The van der Waals surface area contributed by atoms with Gasteiger partial charge < -0.3 is 10.6 Å². The van der Waals surface area contributed by atoms with Crippen molar-refractivity contribution in [2.45, 2.75) is 44.6 Å². The Labute approximate surface area is 110 Å². The highest BCUT2D eigenvalue weighted by Crippen LogP contribution is 2.25. The molecular formula is C14H27N3O. The van der Waals surface area contributed by atoms with Crippen LogP contribution in [0.3, 0.4) is 0 Å². The molecule has 18 heavy (non-hydrogen) atoms. The maximum atomic E-state index is 12.1. The maximum Gasteiger partial charge on any atom is 0.238 e. The van der Waals surface area contributed by atoms with E-state index in [9.17, 15) is 4.79 Å². The summed E-state index contributed by atoms with van der Waals surface area (Å²) in [5.41, 5.74) is 0. The van der Waals surface area contributed by atoms with Gasteiger partial charge in [0.2, 0.25) is 5.91 Å². The van der Waals surface area contributed by atoms with Gasteiger partial charge in [-0.25, -0.2) is 0 Å². The summed E-state index contributed by atoms with van der Waals surface area (Å²) in [5, 5.41) is 6.39. The van der Waals surface area contributed by atoms with Crippen LogP contribution in [-0.4, -0.2) is 50.1 Å². The molecule has 1 amide bonds. The lowest BCUT2D eigenvalue weighted by atomic mass is 9.87. The van der Waals surface area contributed by atoms with Crippen LogP contribution in [0, 0.1) is 5.92 Å². The van der Waals surface area contributed by atoms with Crippen molar-refractivity contribution in [2.24, 2.45) is 5.92 Å². The smallest absolute Gasteiger partial charge is 0.238 e. The molecule has 1 aliphatic carbocycles. The molecule has 1 saturated heterocycles. The number of hydrogen-bond donors (Lipinski definition) is 2. The van der Waals surface area contributed by atoms with Crippen LogP contribution in [0.15, 0.2) is 0 Å². The Hall–Kier alpha value is -0.610.